The van der Waals surface area contributed by atoms with Gasteiger partial charge in [0.15, 0.2) is 0 Å². The smallest absolute Gasteiger partial charge is 0.308 e. The van der Waals surface area contributed by atoms with Crippen LogP contribution in [0.3, 0.4) is 0 Å². The lowest BCUT2D eigenvalue weighted by atomic mass is 9.72. The molecule has 0 amide bonds. The van der Waals surface area contributed by atoms with Gasteiger partial charge in [0.25, 0.3) is 0 Å². The first kappa shape index (κ1) is 16.1. The van der Waals surface area contributed by atoms with E-state index < -0.39 is 0 Å². The highest BCUT2D eigenvalue weighted by molar-refractivity contribution is 5.69. The summed E-state index contributed by atoms with van der Waals surface area (Å²) in [6, 6.07) is 15.8. The van der Waals surface area contributed by atoms with Crippen LogP contribution in [0, 0.1) is 0 Å². The first-order valence-electron chi connectivity index (χ1n) is 7.93. The average molecular weight is 320 g/mol. The minimum atomic E-state index is -0.320. The maximum Gasteiger partial charge on any atom is 0.308 e. The number of hydrogen-bond acceptors (Lipinski definition) is 3. The third-order valence-corrected chi connectivity index (χ3v) is 4.19. The fourth-order valence-corrected chi connectivity index (χ4v) is 3.03. The van der Waals surface area contributed by atoms with Crippen LogP contribution in [0.4, 0.5) is 0 Å². The highest BCUT2D eigenvalue weighted by Gasteiger charge is 2.30. The van der Waals surface area contributed by atoms with Crippen molar-refractivity contribution in [1.29, 1.82) is 0 Å². The van der Waals surface area contributed by atoms with Gasteiger partial charge in [-0.1, -0.05) is 48.6 Å². The van der Waals surface area contributed by atoms with E-state index in [-0.39, 0.29) is 11.4 Å². The molecule has 0 heterocycles. The van der Waals surface area contributed by atoms with Crippen molar-refractivity contribution in [1.82, 2.24) is 0 Å². The molecule has 0 radical (unpaired) electrons. The molecule has 0 aromatic heterocycles. The van der Waals surface area contributed by atoms with Crippen LogP contribution in [0.2, 0.25) is 0 Å². The van der Waals surface area contributed by atoms with Crippen molar-refractivity contribution in [3.63, 3.8) is 0 Å². The predicted octanol–water partition coefficient (Wildman–Crippen LogP) is 4.42. The molecule has 1 aliphatic rings. The molecular weight excluding hydrogens is 300 g/mol. The summed E-state index contributed by atoms with van der Waals surface area (Å²) in [6.45, 7) is 1.40. The second-order valence-electron chi connectivity index (χ2n) is 5.76. The fourth-order valence-electron chi connectivity index (χ4n) is 3.03. The van der Waals surface area contributed by atoms with Crippen LogP contribution in [0.25, 0.3) is 0 Å². The Morgan fingerprint density at radius 1 is 0.875 bits per heavy atom. The zero-order chi connectivity index (χ0) is 17.0. The molecule has 0 fully saturated rings. The first-order valence-corrected chi connectivity index (χ1v) is 7.93. The molecule has 0 bridgehead atoms. The van der Waals surface area contributed by atoms with Gasteiger partial charge in [-0.25, -0.2) is 0 Å². The van der Waals surface area contributed by atoms with Crippen LogP contribution in [0.5, 0.6) is 11.5 Å². The van der Waals surface area contributed by atoms with Gasteiger partial charge < -0.3 is 9.47 Å². The molecule has 3 rings (SSSR count). The van der Waals surface area contributed by atoms with Crippen molar-refractivity contribution in [3.05, 3.63) is 84.0 Å². The molecule has 2 aromatic rings. The fraction of sp³-hybridized carbons (Fsp3) is 0.190. The van der Waals surface area contributed by atoms with E-state index in [0.717, 1.165) is 23.3 Å². The number of carbonyl (C=O) groups excluding carboxylic acids is 1. The first-order chi connectivity index (χ1) is 11.6. The molecule has 0 unspecified atom stereocenters. The van der Waals surface area contributed by atoms with Gasteiger partial charge in [0.05, 0.1) is 12.5 Å². The van der Waals surface area contributed by atoms with Crippen molar-refractivity contribution in [3.8, 4) is 11.5 Å². The SMILES string of the molecule is COc1ccc(C2(c3ccc(OC(C)=O)cc3)C=CCC=C2)cc1. The summed E-state index contributed by atoms with van der Waals surface area (Å²) < 4.78 is 10.4. The maximum absolute atomic E-state index is 11.1. The van der Waals surface area contributed by atoms with Crippen LogP contribution in [-0.4, -0.2) is 13.1 Å². The Morgan fingerprint density at radius 3 is 1.83 bits per heavy atom. The molecule has 0 aliphatic heterocycles. The second-order valence-corrected chi connectivity index (χ2v) is 5.76. The normalized spacial score (nSPS) is 15.1. The Hall–Kier alpha value is -2.81. The highest BCUT2D eigenvalue weighted by atomic mass is 16.5. The van der Waals surface area contributed by atoms with E-state index in [1.807, 2.05) is 36.4 Å². The van der Waals surface area contributed by atoms with Gasteiger partial charge in [0.1, 0.15) is 11.5 Å². The number of carbonyl (C=O) groups is 1. The average Bonchev–Trinajstić information content (AvgIpc) is 2.62. The number of benzene rings is 2. The summed E-state index contributed by atoms with van der Waals surface area (Å²) in [5.74, 6) is 1.08. The van der Waals surface area contributed by atoms with Crippen molar-refractivity contribution >= 4 is 5.97 Å². The van der Waals surface area contributed by atoms with Crippen molar-refractivity contribution in [2.75, 3.05) is 7.11 Å². The van der Waals surface area contributed by atoms with Gasteiger partial charge in [-0.2, -0.15) is 0 Å². The van der Waals surface area contributed by atoms with Crippen LogP contribution >= 0.6 is 0 Å². The van der Waals surface area contributed by atoms with E-state index in [2.05, 4.69) is 36.4 Å². The van der Waals surface area contributed by atoms with E-state index >= 15 is 0 Å². The number of hydrogen-bond donors (Lipinski definition) is 0. The minimum Gasteiger partial charge on any atom is -0.497 e. The van der Waals surface area contributed by atoms with Gasteiger partial charge in [-0.05, 0) is 41.8 Å². The van der Waals surface area contributed by atoms with Gasteiger partial charge >= 0.3 is 5.97 Å². The Labute approximate surface area is 142 Å². The summed E-state index contributed by atoms with van der Waals surface area (Å²) >= 11 is 0. The lowest BCUT2D eigenvalue weighted by Crippen LogP contribution is -2.23. The summed E-state index contributed by atoms with van der Waals surface area (Å²) in [7, 11) is 1.67. The van der Waals surface area contributed by atoms with Crippen LogP contribution in [0.1, 0.15) is 24.5 Å². The van der Waals surface area contributed by atoms with E-state index in [0.29, 0.717) is 5.75 Å². The van der Waals surface area contributed by atoms with E-state index in [9.17, 15) is 4.79 Å². The number of methoxy groups -OCH3 is 1. The molecule has 3 heteroatoms. The molecule has 0 atom stereocenters. The number of allylic oxidation sites excluding steroid dienone is 4. The predicted molar refractivity (Wildman–Crippen MR) is 94.4 cm³/mol. The summed E-state index contributed by atoms with van der Waals surface area (Å²) in [6.07, 6.45) is 9.71. The van der Waals surface area contributed by atoms with Gasteiger partial charge in [-0.15, -0.1) is 0 Å². The third-order valence-electron chi connectivity index (χ3n) is 4.19. The third kappa shape index (κ3) is 3.11. The Kier molecular flexibility index (Phi) is 4.52. The van der Waals surface area contributed by atoms with Crippen LogP contribution in [0.15, 0.2) is 72.8 Å². The second kappa shape index (κ2) is 6.75. The molecule has 0 saturated heterocycles. The van der Waals surface area contributed by atoms with Crippen molar-refractivity contribution in [2.24, 2.45) is 0 Å². The van der Waals surface area contributed by atoms with E-state index in [4.69, 9.17) is 9.47 Å². The molecular formula is C21H20O3. The Balaban J connectivity index is 2.02. The zero-order valence-corrected chi connectivity index (χ0v) is 13.9. The summed E-state index contributed by atoms with van der Waals surface area (Å²) in [5.41, 5.74) is 1.96. The topological polar surface area (TPSA) is 35.5 Å². The molecule has 24 heavy (non-hydrogen) atoms. The minimum absolute atomic E-state index is 0.315. The quantitative estimate of drug-likeness (QED) is 0.475. The number of esters is 1. The maximum atomic E-state index is 11.1. The molecule has 0 saturated carbocycles. The van der Waals surface area contributed by atoms with Crippen LogP contribution in [-0.2, 0) is 10.2 Å². The summed E-state index contributed by atoms with van der Waals surface area (Å²) in [4.78, 5) is 11.1. The molecule has 0 N–H and O–H groups in total. The van der Waals surface area contributed by atoms with Gasteiger partial charge in [0.2, 0.25) is 0 Å². The Morgan fingerprint density at radius 2 is 1.38 bits per heavy atom. The highest BCUT2D eigenvalue weighted by Crippen LogP contribution is 2.38. The number of rotatable bonds is 4. The standard InChI is InChI=1S/C21H20O3/c1-16(22)24-20-12-8-18(9-13-20)21(14-4-3-5-15-21)17-6-10-19(23-2)11-7-17/h4-15H,3H2,1-2H3. The molecule has 122 valence electrons. The van der Waals surface area contributed by atoms with E-state index in [1.54, 1.807) is 7.11 Å². The summed E-state index contributed by atoms with van der Waals surface area (Å²) in [5, 5.41) is 0. The van der Waals surface area contributed by atoms with Crippen LogP contribution < -0.4 is 9.47 Å². The molecule has 0 spiro atoms. The zero-order valence-electron chi connectivity index (χ0n) is 13.9. The monoisotopic (exact) mass is 320 g/mol. The molecule has 2 aromatic carbocycles. The largest absolute Gasteiger partial charge is 0.497 e. The Bertz CT molecular complexity index is 756. The van der Waals surface area contributed by atoms with Gasteiger partial charge in [0, 0.05) is 6.92 Å². The van der Waals surface area contributed by atoms with E-state index in [1.165, 1.54) is 6.92 Å². The number of ether oxygens (including phenoxy) is 2. The lowest BCUT2D eigenvalue weighted by molar-refractivity contribution is -0.131. The molecule has 3 nitrogen and oxygen atoms in total. The van der Waals surface area contributed by atoms with Crippen molar-refractivity contribution < 1.29 is 14.3 Å². The molecule has 1 aliphatic carbocycles. The van der Waals surface area contributed by atoms with Crippen molar-refractivity contribution in [2.45, 2.75) is 18.8 Å². The van der Waals surface area contributed by atoms with Gasteiger partial charge in [-0.3, -0.25) is 4.79 Å². The lowest BCUT2D eigenvalue weighted by Gasteiger charge is -2.31.